The summed E-state index contributed by atoms with van der Waals surface area (Å²) in [7, 11) is 0. The predicted octanol–water partition coefficient (Wildman–Crippen LogP) is 1.20. The lowest BCUT2D eigenvalue weighted by Gasteiger charge is -2.14. The zero-order valence-corrected chi connectivity index (χ0v) is 8.21. The molecule has 13 heavy (non-hydrogen) atoms. The standard InChI is InChI=1S/C10H17NO2/c1-3-13-10(12)9(2)8-11-6-4-5-7-11/h2-8H2,1H3. The topological polar surface area (TPSA) is 29.5 Å². The maximum absolute atomic E-state index is 11.2. The summed E-state index contributed by atoms with van der Waals surface area (Å²) in [5.41, 5.74) is 0.573. The SMILES string of the molecule is C=C(CN1CCCC1)C(=O)OCC. The highest BCUT2D eigenvalue weighted by Gasteiger charge is 2.16. The van der Waals surface area contributed by atoms with Crippen molar-refractivity contribution in [2.24, 2.45) is 0 Å². The van der Waals surface area contributed by atoms with Crippen molar-refractivity contribution in [3.63, 3.8) is 0 Å². The Bertz CT molecular complexity index is 195. The summed E-state index contributed by atoms with van der Waals surface area (Å²) in [5.74, 6) is -0.255. The molecule has 0 amide bonds. The number of ether oxygens (including phenoxy) is 1. The first-order valence-corrected chi connectivity index (χ1v) is 4.81. The highest BCUT2D eigenvalue weighted by Crippen LogP contribution is 2.09. The Labute approximate surface area is 79.4 Å². The first kappa shape index (κ1) is 10.3. The van der Waals surface area contributed by atoms with Crippen molar-refractivity contribution in [2.45, 2.75) is 19.8 Å². The van der Waals surface area contributed by atoms with Crippen LogP contribution < -0.4 is 0 Å². The number of hydrogen-bond acceptors (Lipinski definition) is 3. The second-order valence-corrected chi connectivity index (χ2v) is 3.31. The van der Waals surface area contributed by atoms with Crippen molar-refractivity contribution in [2.75, 3.05) is 26.2 Å². The minimum atomic E-state index is -0.255. The number of esters is 1. The molecule has 0 aromatic heterocycles. The van der Waals surface area contributed by atoms with E-state index in [4.69, 9.17) is 4.74 Å². The Balaban J connectivity index is 2.27. The van der Waals surface area contributed by atoms with Gasteiger partial charge in [-0.1, -0.05) is 6.58 Å². The smallest absolute Gasteiger partial charge is 0.334 e. The summed E-state index contributed by atoms with van der Waals surface area (Å²) in [4.78, 5) is 13.4. The van der Waals surface area contributed by atoms with E-state index in [2.05, 4.69) is 11.5 Å². The van der Waals surface area contributed by atoms with E-state index in [-0.39, 0.29) is 5.97 Å². The Kier molecular flexibility index (Phi) is 3.96. The molecule has 1 aliphatic heterocycles. The molecule has 3 nitrogen and oxygen atoms in total. The summed E-state index contributed by atoms with van der Waals surface area (Å²) >= 11 is 0. The van der Waals surface area contributed by atoms with Crippen LogP contribution in [0.15, 0.2) is 12.2 Å². The molecule has 0 atom stereocenters. The minimum absolute atomic E-state index is 0.255. The molecular weight excluding hydrogens is 166 g/mol. The van der Waals surface area contributed by atoms with Gasteiger partial charge in [0.15, 0.2) is 0 Å². The molecular formula is C10H17NO2. The van der Waals surface area contributed by atoms with Gasteiger partial charge in [0.25, 0.3) is 0 Å². The van der Waals surface area contributed by atoms with Gasteiger partial charge in [-0.15, -0.1) is 0 Å². The Morgan fingerprint density at radius 2 is 2.08 bits per heavy atom. The van der Waals surface area contributed by atoms with Gasteiger partial charge in [0, 0.05) is 12.1 Å². The van der Waals surface area contributed by atoms with Crippen LogP contribution >= 0.6 is 0 Å². The predicted molar refractivity (Wildman–Crippen MR) is 51.4 cm³/mol. The first-order chi connectivity index (χ1) is 6.24. The van der Waals surface area contributed by atoms with Crippen LogP contribution in [0.3, 0.4) is 0 Å². The number of carbonyl (C=O) groups excluding carboxylic acids is 1. The molecule has 74 valence electrons. The second kappa shape index (κ2) is 5.02. The maximum Gasteiger partial charge on any atom is 0.334 e. The Morgan fingerprint density at radius 1 is 1.46 bits per heavy atom. The zero-order chi connectivity index (χ0) is 9.68. The van der Waals surface area contributed by atoms with E-state index in [9.17, 15) is 4.79 Å². The fourth-order valence-corrected chi connectivity index (χ4v) is 1.51. The van der Waals surface area contributed by atoms with E-state index in [1.807, 2.05) is 0 Å². The third-order valence-electron chi connectivity index (χ3n) is 2.18. The van der Waals surface area contributed by atoms with Crippen molar-refractivity contribution in [1.82, 2.24) is 4.90 Å². The Morgan fingerprint density at radius 3 is 2.62 bits per heavy atom. The van der Waals surface area contributed by atoms with Crippen molar-refractivity contribution < 1.29 is 9.53 Å². The quantitative estimate of drug-likeness (QED) is 0.484. The van der Waals surface area contributed by atoms with Gasteiger partial charge in [-0.05, 0) is 32.9 Å². The lowest BCUT2D eigenvalue weighted by atomic mass is 10.3. The largest absolute Gasteiger partial charge is 0.463 e. The summed E-state index contributed by atoms with van der Waals surface area (Å²) in [6.07, 6.45) is 2.46. The highest BCUT2D eigenvalue weighted by molar-refractivity contribution is 5.88. The maximum atomic E-state index is 11.2. The molecule has 0 saturated carbocycles. The van der Waals surface area contributed by atoms with Crippen LogP contribution in [0.4, 0.5) is 0 Å². The number of hydrogen-bond donors (Lipinski definition) is 0. The van der Waals surface area contributed by atoms with E-state index < -0.39 is 0 Å². The van der Waals surface area contributed by atoms with Crippen molar-refractivity contribution in [1.29, 1.82) is 0 Å². The van der Waals surface area contributed by atoms with Gasteiger partial charge in [-0.3, -0.25) is 4.90 Å². The van der Waals surface area contributed by atoms with Gasteiger partial charge in [0.2, 0.25) is 0 Å². The molecule has 1 rings (SSSR count). The third-order valence-corrected chi connectivity index (χ3v) is 2.18. The highest BCUT2D eigenvalue weighted by atomic mass is 16.5. The molecule has 0 aliphatic carbocycles. The monoisotopic (exact) mass is 183 g/mol. The average Bonchev–Trinajstić information content (AvgIpc) is 2.57. The average molecular weight is 183 g/mol. The molecule has 1 aliphatic rings. The van der Waals surface area contributed by atoms with Gasteiger partial charge in [0.1, 0.15) is 0 Å². The molecule has 0 aromatic carbocycles. The molecule has 1 fully saturated rings. The van der Waals surface area contributed by atoms with Gasteiger partial charge in [-0.2, -0.15) is 0 Å². The van der Waals surface area contributed by atoms with E-state index in [1.165, 1.54) is 12.8 Å². The lowest BCUT2D eigenvalue weighted by Crippen LogP contribution is -2.25. The molecule has 0 spiro atoms. The van der Waals surface area contributed by atoms with Crippen LogP contribution in [0.25, 0.3) is 0 Å². The summed E-state index contributed by atoms with van der Waals surface area (Å²) in [6.45, 7) is 8.78. The third kappa shape index (κ3) is 3.19. The van der Waals surface area contributed by atoms with Crippen LogP contribution in [-0.4, -0.2) is 37.1 Å². The van der Waals surface area contributed by atoms with Crippen LogP contribution in [0.2, 0.25) is 0 Å². The fourth-order valence-electron chi connectivity index (χ4n) is 1.51. The number of rotatable bonds is 4. The molecule has 0 radical (unpaired) electrons. The van der Waals surface area contributed by atoms with E-state index in [0.29, 0.717) is 18.7 Å². The second-order valence-electron chi connectivity index (χ2n) is 3.31. The van der Waals surface area contributed by atoms with E-state index in [0.717, 1.165) is 13.1 Å². The molecule has 1 heterocycles. The first-order valence-electron chi connectivity index (χ1n) is 4.81. The molecule has 0 unspecified atom stereocenters. The van der Waals surface area contributed by atoms with Crippen molar-refractivity contribution in [3.8, 4) is 0 Å². The van der Waals surface area contributed by atoms with Gasteiger partial charge >= 0.3 is 5.97 Å². The van der Waals surface area contributed by atoms with Crippen molar-refractivity contribution >= 4 is 5.97 Å². The van der Waals surface area contributed by atoms with Crippen LogP contribution in [0, 0.1) is 0 Å². The summed E-state index contributed by atoms with van der Waals surface area (Å²) in [6, 6.07) is 0. The molecule has 0 bridgehead atoms. The van der Waals surface area contributed by atoms with E-state index >= 15 is 0 Å². The molecule has 1 saturated heterocycles. The normalized spacial score (nSPS) is 17.3. The van der Waals surface area contributed by atoms with Crippen molar-refractivity contribution in [3.05, 3.63) is 12.2 Å². The number of carbonyl (C=O) groups is 1. The Hall–Kier alpha value is -0.830. The minimum Gasteiger partial charge on any atom is -0.463 e. The molecule has 0 aromatic rings. The number of likely N-dealkylation sites (tertiary alicyclic amines) is 1. The molecule has 0 N–H and O–H groups in total. The summed E-state index contributed by atoms with van der Waals surface area (Å²) in [5, 5.41) is 0. The van der Waals surface area contributed by atoms with Crippen LogP contribution in [0.5, 0.6) is 0 Å². The summed E-state index contributed by atoms with van der Waals surface area (Å²) < 4.78 is 4.85. The fraction of sp³-hybridized carbons (Fsp3) is 0.700. The van der Waals surface area contributed by atoms with Gasteiger partial charge in [-0.25, -0.2) is 4.79 Å². The number of nitrogens with zero attached hydrogens (tertiary/aromatic N) is 1. The van der Waals surface area contributed by atoms with Crippen LogP contribution in [-0.2, 0) is 9.53 Å². The van der Waals surface area contributed by atoms with Gasteiger partial charge < -0.3 is 4.74 Å². The zero-order valence-electron chi connectivity index (χ0n) is 8.21. The van der Waals surface area contributed by atoms with Gasteiger partial charge in [0.05, 0.1) is 6.61 Å². The lowest BCUT2D eigenvalue weighted by molar-refractivity contribution is -0.138. The van der Waals surface area contributed by atoms with E-state index in [1.54, 1.807) is 6.92 Å². The molecule has 3 heteroatoms. The van der Waals surface area contributed by atoms with Crippen LogP contribution in [0.1, 0.15) is 19.8 Å².